The molecule has 1 saturated carbocycles. The molecule has 0 bridgehead atoms. The van der Waals surface area contributed by atoms with E-state index >= 15 is 0 Å². The highest BCUT2D eigenvalue weighted by molar-refractivity contribution is 6.05. The Morgan fingerprint density at radius 3 is 2.44 bits per heavy atom. The lowest BCUT2D eigenvalue weighted by Crippen LogP contribution is -2.52. The summed E-state index contributed by atoms with van der Waals surface area (Å²) in [6, 6.07) is -1.02. The highest BCUT2D eigenvalue weighted by Crippen LogP contribution is 2.49. The van der Waals surface area contributed by atoms with Crippen LogP contribution in [0, 0.1) is 0 Å². The second-order valence-corrected chi connectivity index (χ2v) is 4.86. The van der Waals surface area contributed by atoms with Crippen LogP contribution < -0.4 is 5.32 Å². The van der Waals surface area contributed by atoms with Gasteiger partial charge in [-0.3, -0.25) is 19.8 Å². The van der Waals surface area contributed by atoms with E-state index in [4.69, 9.17) is 0 Å². The van der Waals surface area contributed by atoms with Crippen molar-refractivity contribution in [3.05, 3.63) is 0 Å². The summed E-state index contributed by atoms with van der Waals surface area (Å²) in [5.41, 5.74) is -1.95. The van der Waals surface area contributed by atoms with E-state index in [0.29, 0.717) is 6.42 Å². The molecule has 2 fully saturated rings. The maximum Gasteiger partial charge on any atom is 0.406 e. The lowest BCUT2D eigenvalue weighted by molar-refractivity contribution is -0.168. The normalized spacial score (nSPS) is 26.9. The minimum Gasteiger partial charge on any atom is -0.292 e. The Kier molecular flexibility index (Phi) is 3.12. The highest BCUT2D eigenvalue weighted by Gasteiger charge is 2.64. The number of hydrogen-bond acceptors (Lipinski definition) is 3. The summed E-state index contributed by atoms with van der Waals surface area (Å²) in [4.78, 5) is 24.4. The Morgan fingerprint density at radius 2 is 2.00 bits per heavy atom. The largest absolute Gasteiger partial charge is 0.406 e. The van der Waals surface area contributed by atoms with Gasteiger partial charge in [-0.05, 0) is 19.3 Å². The molecule has 1 aliphatic carbocycles. The summed E-state index contributed by atoms with van der Waals surface area (Å²) >= 11 is 0. The van der Waals surface area contributed by atoms with Crippen LogP contribution >= 0.6 is 0 Å². The summed E-state index contributed by atoms with van der Waals surface area (Å²) in [7, 11) is 0. The zero-order valence-corrected chi connectivity index (χ0v) is 10.0. The van der Waals surface area contributed by atoms with E-state index in [-0.39, 0.29) is 25.8 Å². The van der Waals surface area contributed by atoms with Crippen molar-refractivity contribution in [2.45, 2.75) is 50.4 Å². The summed E-state index contributed by atoms with van der Waals surface area (Å²) in [6.45, 7) is 2.08. The number of halogens is 3. The molecule has 1 unspecified atom stereocenters. The maximum atomic E-state index is 12.7. The quantitative estimate of drug-likeness (QED) is 0.776. The Balaban J connectivity index is 2.04. The van der Waals surface area contributed by atoms with Gasteiger partial charge >= 0.3 is 6.18 Å². The van der Waals surface area contributed by atoms with E-state index in [1.54, 1.807) is 6.92 Å². The van der Waals surface area contributed by atoms with Gasteiger partial charge in [0.15, 0.2) is 0 Å². The first-order valence-corrected chi connectivity index (χ1v) is 5.99. The number of rotatable bonds is 4. The monoisotopic (exact) mass is 264 g/mol. The van der Waals surface area contributed by atoms with Crippen LogP contribution in [0.3, 0.4) is 0 Å². The number of alkyl halides is 3. The lowest BCUT2D eigenvalue weighted by atomic mass is 10.1. The molecule has 1 saturated heterocycles. The van der Waals surface area contributed by atoms with Gasteiger partial charge in [0.25, 0.3) is 0 Å². The Bertz CT molecular complexity index is 377. The number of likely N-dealkylation sites (tertiary alicyclic amines) is 1. The SMILES string of the molecule is CCCN1C(=O)CC(NC2(C(F)(F)F)CC2)C1=O. The van der Waals surface area contributed by atoms with Gasteiger partial charge < -0.3 is 0 Å². The third-order valence-electron chi connectivity index (χ3n) is 3.43. The molecule has 0 aromatic carbocycles. The van der Waals surface area contributed by atoms with Crippen molar-refractivity contribution in [1.29, 1.82) is 0 Å². The molecule has 0 aromatic heterocycles. The van der Waals surface area contributed by atoms with Crippen molar-refractivity contribution < 1.29 is 22.8 Å². The van der Waals surface area contributed by atoms with Gasteiger partial charge in [-0.1, -0.05) is 6.92 Å². The first kappa shape index (κ1) is 13.3. The molecule has 0 radical (unpaired) electrons. The van der Waals surface area contributed by atoms with E-state index in [1.165, 1.54) is 0 Å². The molecule has 0 spiro atoms. The van der Waals surface area contributed by atoms with Crippen molar-refractivity contribution in [2.75, 3.05) is 6.54 Å². The Labute approximate surface area is 103 Å². The molecule has 1 aliphatic heterocycles. The number of carbonyl (C=O) groups is 2. The van der Waals surface area contributed by atoms with E-state index in [1.807, 2.05) is 0 Å². The van der Waals surface area contributed by atoms with E-state index in [0.717, 1.165) is 4.90 Å². The molecule has 1 atom stereocenters. The molecule has 18 heavy (non-hydrogen) atoms. The highest BCUT2D eigenvalue weighted by atomic mass is 19.4. The van der Waals surface area contributed by atoms with Crippen LogP contribution in [-0.4, -0.2) is 41.0 Å². The van der Waals surface area contributed by atoms with Crippen LogP contribution in [0.25, 0.3) is 0 Å². The first-order valence-electron chi connectivity index (χ1n) is 5.99. The second kappa shape index (κ2) is 4.22. The zero-order chi connectivity index (χ0) is 13.6. The van der Waals surface area contributed by atoms with Crippen LogP contribution in [0.5, 0.6) is 0 Å². The minimum atomic E-state index is -4.37. The van der Waals surface area contributed by atoms with Gasteiger partial charge in [0.2, 0.25) is 11.8 Å². The van der Waals surface area contributed by atoms with Gasteiger partial charge in [-0.2, -0.15) is 13.2 Å². The van der Waals surface area contributed by atoms with E-state index in [2.05, 4.69) is 5.32 Å². The van der Waals surface area contributed by atoms with E-state index < -0.39 is 29.6 Å². The van der Waals surface area contributed by atoms with E-state index in [9.17, 15) is 22.8 Å². The number of carbonyl (C=O) groups excluding carboxylic acids is 2. The summed E-state index contributed by atoms with van der Waals surface area (Å²) in [5.74, 6) is -0.922. The molecule has 2 amide bonds. The smallest absolute Gasteiger partial charge is 0.292 e. The number of amides is 2. The van der Waals surface area contributed by atoms with Crippen molar-refractivity contribution in [3.8, 4) is 0 Å². The fraction of sp³-hybridized carbons (Fsp3) is 0.818. The minimum absolute atomic E-state index is 0.0255. The van der Waals surface area contributed by atoms with Crippen molar-refractivity contribution in [3.63, 3.8) is 0 Å². The van der Waals surface area contributed by atoms with Crippen LogP contribution in [0.2, 0.25) is 0 Å². The fourth-order valence-corrected chi connectivity index (χ4v) is 2.22. The number of imide groups is 1. The van der Waals surface area contributed by atoms with Crippen LogP contribution in [0.1, 0.15) is 32.6 Å². The van der Waals surface area contributed by atoms with Crippen LogP contribution in [0.15, 0.2) is 0 Å². The third-order valence-corrected chi connectivity index (χ3v) is 3.43. The predicted molar refractivity (Wildman–Crippen MR) is 56.6 cm³/mol. The summed E-state index contributed by atoms with van der Waals surface area (Å²) < 4.78 is 38.2. The number of nitrogens with zero attached hydrogens (tertiary/aromatic N) is 1. The average Bonchev–Trinajstić information content (AvgIpc) is 2.99. The standard InChI is InChI=1S/C11H15F3N2O2/c1-2-5-16-8(17)6-7(9(16)18)15-10(3-4-10)11(12,13)14/h7,15H,2-6H2,1H3. The molecular formula is C11H15F3N2O2. The zero-order valence-electron chi connectivity index (χ0n) is 10.0. The van der Waals surface area contributed by atoms with Gasteiger partial charge in [-0.15, -0.1) is 0 Å². The molecule has 2 rings (SSSR count). The van der Waals surface area contributed by atoms with Gasteiger partial charge in [0.1, 0.15) is 5.54 Å². The third kappa shape index (κ3) is 2.11. The van der Waals surface area contributed by atoms with Crippen LogP contribution in [-0.2, 0) is 9.59 Å². The fourth-order valence-electron chi connectivity index (χ4n) is 2.22. The van der Waals surface area contributed by atoms with Gasteiger partial charge in [0, 0.05) is 6.54 Å². The van der Waals surface area contributed by atoms with Gasteiger partial charge in [-0.25, -0.2) is 0 Å². The first-order chi connectivity index (χ1) is 8.31. The molecule has 1 N–H and O–H groups in total. The summed E-state index contributed by atoms with van der Waals surface area (Å²) in [6.07, 6.45) is -3.98. The topological polar surface area (TPSA) is 49.4 Å². The van der Waals surface area contributed by atoms with Gasteiger partial charge in [0.05, 0.1) is 12.5 Å². The Hall–Kier alpha value is -1.11. The molecule has 7 heteroatoms. The van der Waals surface area contributed by atoms with Crippen LogP contribution in [0.4, 0.5) is 13.2 Å². The molecular weight excluding hydrogens is 249 g/mol. The summed E-state index contributed by atoms with van der Waals surface area (Å²) in [5, 5.41) is 2.34. The number of hydrogen-bond donors (Lipinski definition) is 1. The Morgan fingerprint density at radius 1 is 1.39 bits per heavy atom. The molecule has 2 aliphatic rings. The lowest BCUT2D eigenvalue weighted by Gasteiger charge is -2.23. The molecule has 0 aromatic rings. The molecule has 4 nitrogen and oxygen atoms in total. The average molecular weight is 264 g/mol. The van der Waals surface area contributed by atoms with Crippen molar-refractivity contribution in [2.24, 2.45) is 0 Å². The predicted octanol–water partition coefficient (Wildman–Crippen LogP) is 1.21. The maximum absolute atomic E-state index is 12.7. The molecule has 102 valence electrons. The number of nitrogens with one attached hydrogen (secondary N) is 1. The second-order valence-electron chi connectivity index (χ2n) is 4.86. The van der Waals surface area contributed by atoms with Crippen molar-refractivity contribution in [1.82, 2.24) is 10.2 Å². The van der Waals surface area contributed by atoms with Crippen molar-refractivity contribution >= 4 is 11.8 Å². The molecule has 1 heterocycles.